The monoisotopic (exact) mass is 308 g/mol. The quantitative estimate of drug-likeness (QED) is 0.852. The van der Waals surface area contributed by atoms with Gasteiger partial charge >= 0.3 is 0 Å². The molecule has 1 unspecified atom stereocenters. The van der Waals surface area contributed by atoms with Crippen LogP contribution in [0.5, 0.6) is 17.2 Å². The number of hydrogen-bond donors (Lipinski definition) is 1. The van der Waals surface area contributed by atoms with Crippen molar-refractivity contribution in [2.24, 2.45) is 0 Å². The van der Waals surface area contributed by atoms with Gasteiger partial charge in [0.25, 0.3) is 0 Å². The van der Waals surface area contributed by atoms with Gasteiger partial charge < -0.3 is 19.5 Å². The molecule has 1 atom stereocenters. The number of rotatable bonds is 7. The fourth-order valence-electron chi connectivity index (χ4n) is 2.05. The number of benzene rings is 1. The maximum Gasteiger partial charge on any atom is 0.203 e. The van der Waals surface area contributed by atoms with E-state index in [1.807, 2.05) is 23.7 Å². The molecule has 0 aliphatic carbocycles. The van der Waals surface area contributed by atoms with Crippen molar-refractivity contribution in [1.29, 1.82) is 0 Å². The van der Waals surface area contributed by atoms with Gasteiger partial charge in [-0.3, -0.25) is 0 Å². The molecule has 0 aliphatic heterocycles. The summed E-state index contributed by atoms with van der Waals surface area (Å²) in [7, 11) is 4.84. The van der Waals surface area contributed by atoms with Gasteiger partial charge in [0.1, 0.15) is 5.01 Å². The Morgan fingerprint density at radius 2 is 1.81 bits per heavy atom. The number of methoxy groups -OCH3 is 3. The number of hydrogen-bond acceptors (Lipinski definition) is 6. The second-order valence-electron chi connectivity index (χ2n) is 4.49. The summed E-state index contributed by atoms with van der Waals surface area (Å²) in [6.07, 6.45) is 1.81. The highest BCUT2D eigenvalue weighted by atomic mass is 32.1. The number of aromatic nitrogens is 1. The highest BCUT2D eigenvalue weighted by Gasteiger charge is 2.16. The van der Waals surface area contributed by atoms with E-state index in [1.54, 1.807) is 32.7 Å². The van der Waals surface area contributed by atoms with Gasteiger partial charge in [-0.25, -0.2) is 4.98 Å². The van der Waals surface area contributed by atoms with Crippen molar-refractivity contribution in [2.45, 2.75) is 19.5 Å². The first-order valence-electron chi connectivity index (χ1n) is 6.61. The second-order valence-corrected chi connectivity index (χ2v) is 5.47. The molecule has 2 rings (SSSR count). The van der Waals surface area contributed by atoms with Crippen molar-refractivity contribution in [1.82, 2.24) is 10.3 Å². The van der Waals surface area contributed by atoms with Crippen molar-refractivity contribution < 1.29 is 14.2 Å². The lowest BCUT2D eigenvalue weighted by Crippen LogP contribution is -2.18. The van der Waals surface area contributed by atoms with Crippen molar-refractivity contribution in [3.8, 4) is 17.2 Å². The van der Waals surface area contributed by atoms with Crippen molar-refractivity contribution in [3.63, 3.8) is 0 Å². The molecular formula is C15H20N2O3S. The van der Waals surface area contributed by atoms with E-state index in [2.05, 4.69) is 17.2 Å². The van der Waals surface area contributed by atoms with E-state index in [4.69, 9.17) is 14.2 Å². The van der Waals surface area contributed by atoms with Crippen LogP contribution in [0.2, 0.25) is 0 Å². The van der Waals surface area contributed by atoms with Crippen LogP contribution in [0.15, 0.2) is 23.7 Å². The Kier molecular flexibility index (Phi) is 5.41. The Morgan fingerprint density at radius 3 is 2.29 bits per heavy atom. The molecule has 0 aliphatic rings. The lowest BCUT2D eigenvalue weighted by molar-refractivity contribution is 0.323. The third-order valence-electron chi connectivity index (χ3n) is 3.23. The molecule has 1 heterocycles. The van der Waals surface area contributed by atoms with Gasteiger partial charge in [-0.1, -0.05) is 0 Å². The molecule has 0 radical (unpaired) electrons. The molecule has 0 amide bonds. The predicted octanol–water partition coefficient (Wildman–Crippen LogP) is 3.02. The minimum Gasteiger partial charge on any atom is -0.493 e. The largest absolute Gasteiger partial charge is 0.493 e. The molecule has 6 heteroatoms. The summed E-state index contributed by atoms with van der Waals surface area (Å²) < 4.78 is 16.1. The van der Waals surface area contributed by atoms with Crippen LogP contribution in [0, 0.1) is 0 Å². The average Bonchev–Trinajstić information content (AvgIpc) is 3.04. The normalized spacial score (nSPS) is 12.0. The second kappa shape index (κ2) is 7.28. The molecule has 0 spiro atoms. The van der Waals surface area contributed by atoms with Gasteiger partial charge in [0, 0.05) is 24.2 Å². The van der Waals surface area contributed by atoms with Gasteiger partial charge in [-0.05, 0) is 24.6 Å². The van der Waals surface area contributed by atoms with Crippen molar-refractivity contribution in [2.75, 3.05) is 21.3 Å². The summed E-state index contributed by atoms with van der Waals surface area (Å²) in [4.78, 5) is 4.26. The van der Waals surface area contributed by atoms with E-state index in [0.717, 1.165) is 17.1 Å². The molecule has 0 saturated heterocycles. The number of nitrogens with zero attached hydrogens (tertiary/aromatic N) is 1. The summed E-state index contributed by atoms with van der Waals surface area (Å²) in [6, 6.07) is 4.06. The van der Waals surface area contributed by atoms with Crippen molar-refractivity contribution in [3.05, 3.63) is 34.3 Å². The zero-order valence-electron chi connectivity index (χ0n) is 12.7. The van der Waals surface area contributed by atoms with Gasteiger partial charge in [0.05, 0.1) is 21.3 Å². The van der Waals surface area contributed by atoms with Crippen LogP contribution in [0.1, 0.15) is 23.5 Å². The Labute approximate surface area is 128 Å². The van der Waals surface area contributed by atoms with Crippen LogP contribution < -0.4 is 19.5 Å². The Bertz CT molecular complexity index is 547. The Hall–Kier alpha value is -1.79. The third-order valence-corrected chi connectivity index (χ3v) is 4.01. The Morgan fingerprint density at radius 1 is 1.14 bits per heavy atom. The van der Waals surface area contributed by atoms with E-state index >= 15 is 0 Å². The van der Waals surface area contributed by atoms with Gasteiger partial charge in [0.2, 0.25) is 5.75 Å². The lowest BCUT2D eigenvalue weighted by Gasteiger charge is -2.18. The number of nitrogens with one attached hydrogen (secondary N) is 1. The number of ether oxygens (including phenoxy) is 3. The van der Waals surface area contributed by atoms with Crippen LogP contribution >= 0.6 is 11.3 Å². The molecule has 1 aromatic carbocycles. The SMILES string of the molecule is COc1cc(C(C)NCc2nccs2)cc(OC)c1OC. The van der Waals surface area contributed by atoms with Crippen molar-refractivity contribution >= 4 is 11.3 Å². The molecule has 2 aromatic rings. The summed E-state index contributed by atoms with van der Waals surface area (Å²) >= 11 is 1.64. The predicted molar refractivity (Wildman–Crippen MR) is 83.5 cm³/mol. The average molecular weight is 308 g/mol. The first-order valence-corrected chi connectivity index (χ1v) is 7.49. The first kappa shape index (κ1) is 15.6. The summed E-state index contributed by atoms with van der Waals surface area (Å²) in [5, 5.41) is 6.47. The van der Waals surface area contributed by atoms with Crippen LogP contribution in [-0.4, -0.2) is 26.3 Å². The highest BCUT2D eigenvalue weighted by Crippen LogP contribution is 2.39. The standard InChI is InChI=1S/C15H20N2O3S/c1-10(17-9-14-16-5-6-21-14)11-7-12(18-2)15(20-4)13(8-11)19-3/h5-8,10,17H,9H2,1-4H3. The van der Waals surface area contributed by atoms with Crippen LogP contribution in [0.25, 0.3) is 0 Å². The summed E-state index contributed by atoms with van der Waals surface area (Å²) in [5.74, 6) is 1.93. The van der Waals surface area contributed by atoms with Crippen LogP contribution in [-0.2, 0) is 6.54 Å². The fourth-order valence-corrected chi connectivity index (χ4v) is 2.62. The van der Waals surface area contributed by atoms with E-state index in [0.29, 0.717) is 17.2 Å². The molecule has 1 aromatic heterocycles. The van der Waals surface area contributed by atoms with Gasteiger partial charge in [-0.2, -0.15) is 0 Å². The third kappa shape index (κ3) is 3.65. The maximum absolute atomic E-state index is 5.38. The molecule has 5 nitrogen and oxygen atoms in total. The topological polar surface area (TPSA) is 52.6 Å². The van der Waals surface area contributed by atoms with Gasteiger partial charge in [0.15, 0.2) is 11.5 Å². The summed E-state index contributed by atoms with van der Waals surface area (Å²) in [5.41, 5.74) is 1.07. The smallest absolute Gasteiger partial charge is 0.203 e. The minimum absolute atomic E-state index is 0.141. The molecule has 0 saturated carbocycles. The molecular weight excluding hydrogens is 288 g/mol. The lowest BCUT2D eigenvalue weighted by atomic mass is 10.1. The molecule has 114 valence electrons. The van der Waals surface area contributed by atoms with E-state index in [-0.39, 0.29) is 6.04 Å². The Balaban J connectivity index is 2.18. The zero-order valence-corrected chi connectivity index (χ0v) is 13.5. The molecule has 0 fully saturated rings. The zero-order chi connectivity index (χ0) is 15.2. The molecule has 21 heavy (non-hydrogen) atoms. The van der Waals surface area contributed by atoms with E-state index in [9.17, 15) is 0 Å². The maximum atomic E-state index is 5.38. The van der Waals surface area contributed by atoms with Crippen LogP contribution in [0.4, 0.5) is 0 Å². The minimum atomic E-state index is 0.141. The van der Waals surface area contributed by atoms with Gasteiger partial charge in [-0.15, -0.1) is 11.3 Å². The first-order chi connectivity index (χ1) is 10.2. The van der Waals surface area contributed by atoms with E-state index < -0.39 is 0 Å². The summed E-state index contributed by atoms with van der Waals surface area (Å²) in [6.45, 7) is 2.82. The van der Waals surface area contributed by atoms with Crippen LogP contribution in [0.3, 0.4) is 0 Å². The fraction of sp³-hybridized carbons (Fsp3) is 0.400. The van der Waals surface area contributed by atoms with E-state index in [1.165, 1.54) is 0 Å². The highest BCUT2D eigenvalue weighted by molar-refractivity contribution is 7.09. The molecule has 0 bridgehead atoms. The molecule has 1 N–H and O–H groups in total. The number of thiazole rings is 1.